The van der Waals surface area contributed by atoms with Gasteiger partial charge in [-0.2, -0.15) is 0 Å². The van der Waals surface area contributed by atoms with Crippen molar-refractivity contribution in [3.63, 3.8) is 0 Å². The number of hydrogen-bond acceptors (Lipinski definition) is 5. The summed E-state index contributed by atoms with van der Waals surface area (Å²) in [6, 6.07) is 12.4. The average molecular weight is 426 g/mol. The van der Waals surface area contributed by atoms with Gasteiger partial charge in [-0.15, -0.1) is 0 Å². The third-order valence-corrected chi connectivity index (χ3v) is 5.69. The van der Waals surface area contributed by atoms with Crippen LogP contribution in [0.15, 0.2) is 42.5 Å². The molecule has 166 valence electrons. The van der Waals surface area contributed by atoms with Crippen LogP contribution >= 0.6 is 0 Å². The van der Waals surface area contributed by atoms with E-state index < -0.39 is 4.92 Å². The Balaban J connectivity index is 1.79. The molecule has 0 radical (unpaired) electrons. The number of benzene rings is 2. The lowest BCUT2D eigenvalue weighted by Gasteiger charge is -2.33. The summed E-state index contributed by atoms with van der Waals surface area (Å²) >= 11 is 0. The Bertz CT molecular complexity index is 921. The van der Waals surface area contributed by atoms with E-state index in [1.807, 2.05) is 38.1 Å². The minimum Gasteiger partial charge on any atom is -0.374 e. The number of nitrogens with one attached hydrogen (secondary N) is 1. The molecule has 1 aliphatic rings. The quantitative estimate of drug-likeness (QED) is 0.490. The fraction of sp³-hybridized carbons (Fsp3) is 0.458. The molecule has 0 spiro atoms. The Hall–Kier alpha value is -2.93. The summed E-state index contributed by atoms with van der Waals surface area (Å²) in [5.74, 6) is 0.341. The smallest absolute Gasteiger partial charge is 0.270 e. The third-order valence-electron chi connectivity index (χ3n) is 5.69. The van der Waals surface area contributed by atoms with E-state index in [9.17, 15) is 14.9 Å². The second-order valence-corrected chi connectivity index (χ2v) is 8.44. The fourth-order valence-corrected chi connectivity index (χ4v) is 3.74. The maximum absolute atomic E-state index is 13.1. The standard InChI is InChI=1S/C24H31N3O4/c1-17(2)31-16-20-7-5-4-6-19(20)15-25-24(28)22-14-21(27(29)30)8-9-23(22)26-12-10-18(3)11-13-26/h4-9,14,17-18H,10-13,15-16H2,1-3H3,(H,25,28). The largest absolute Gasteiger partial charge is 0.374 e. The first-order valence-corrected chi connectivity index (χ1v) is 10.8. The Labute approximate surface area is 183 Å². The van der Waals surface area contributed by atoms with Crippen molar-refractivity contribution in [3.05, 3.63) is 69.3 Å². The first kappa shape index (κ1) is 22.7. The van der Waals surface area contributed by atoms with Crippen LogP contribution in [0.3, 0.4) is 0 Å². The molecule has 7 nitrogen and oxygen atoms in total. The Kier molecular flexibility index (Phi) is 7.63. The van der Waals surface area contributed by atoms with E-state index >= 15 is 0 Å². The summed E-state index contributed by atoms with van der Waals surface area (Å²) in [6.45, 7) is 8.67. The molecule has 2 aromatic carbocycles. The summed E-state index contributed by atoms with van der Waals surface area (Å²) in [6.07, 6.45) is 2.20. The van der Waals surface area contributed by atoms with Crippen LogP contribution in [-0.2, 0) is 17.9 Å². The first-order valence-electron chi connectivity index (χ1n) is 10.8. The van der Waals surface area contributed by atoms with Crippen LogP contribution in [0.5, 0.6) is 0 Å². The van der Waals surface area contributed by atoms with Gasteiger partial charge in [-0.3, -0.25) is 14.9 Å². The van der Waals surface area contributed by atoms with Gasteiger partial charge in [0.15, 0.2) is 0 Å². The van der Waals surface area contributed by atoms with Gasteiger partial charge in [0.2, 0.25) is 0 Å². The Morgan fingerprint density at radius 2 is 1.87 bits per heavy atom. The second-order valence-electron chi connectivity index (χ2n) is 8.44. The van der Waals surface area contributed by atoms with Crippen LogP contribution < -0.4 is 10.2 Å². The zero-order valence-corrected chi connectivity index (χ0v) is 18.5. The van der Waals surface area contributed by atoms with Crippen molar-refractivity contribution in [2.45, 2.75) is 52.9 Å². The Morgan fingerprint density at radius 3 is 2.52 bits per heavy atom. The molecule has 31 heavy (non-hydrogen) atoms. The van der Waals surface area contributed by atoms with Crippen LogP contribution in [0, 0.1) is 16.0 Å². The number of carbonyl (C=O) groups is 1. The zero-order chi connectivity index (χ0) is 22.4. The van der Waals surface area contributed by atoms with Crippen LogP contribution in [0.2, 0.25) is 0 Å². The molecular weight excluding hydrogens is 394 g/mol. The highest BCUT2D eigenvalue weighted by Gasteiger charge is 2.23. The molecule has 7 heteroatoms. The summed E-state index contributed by atoms with van der Waals surface area (Å²) in [5.41, 5.74) is 3.01. The molecule has 0 unspecified atom stereocenters. The molecule has 1 fully saturated rings. The third kappa shape index (κ3) is 6.04. The predicted molar refractivity (Wildman–Crippen MR) is 121 cm³/mol. The summed E-state index contributed by atoms with van der Waals surface area (Å²) in [4.78, 5) is 26.1. The van der Waals surface area contributed by atoms with Crippen LogP contribution in [0.25, 0.3) is 0 Å². The number of ether oxygens (including phenoxy) is 1. The van der Waals surface area contributed by atoms with Crippen molar-refractivity contribution in [3.8, 4) is 0 Å². The van der Waals surface area contributed by atoms with E-state index in [-0.39, 0.29) is 17.7 Å². The lowest BCUT2D eigenvalue weighted by atomic mass is 9.97. The molecule has 1 saturated heterocycles. The van der Waals surface area contributed by atoms with Crippen LogP contribution in [-0.4, -0.2) is 30.0 Å². The van der Waals surface area contributed by atoms with Gasteiger partial charge < -0.3 is 15.0 Å². The van der Waals surface area contributed by atoms with Gasteiger partial charge >= 0.3 is 0 Å². The van der Waals surface area contributed by atoms with Crippen molar-refractivity contribution in [1.82, 2.24) is 5.32 Å². The molecule has 0 aromatic heterocycles. The van der Waals surface area contributed by atoms with E-state index in [1.165, 1.54) is 12.1 Å². The zero-order valence-electron chi connectivity index (χ0n) is 18.5. The average Bonchev–Trinajstić information content (AvgIpc) is 2.76. The van der Waals surface area contributed by atoms with Crippen molar-refractivity contribution in [2.75, 3.05) is 18.0 Å². The highest BCUT2D eigenvalue weighted by atomic mass is 16.6. The normalized spacial score (nSPS) is 14.6. The second kappa shape index (κ2) is 10.4. The number of amides is 1. The summed E-state index contributed by atoms with van der Waals surface area (Å²) in [7, 11) is 0. The fourth-order valence-electron chi connectivity index (χ4n) is 3.74. The number of piperidine rings is 1. The van der Waals surface area contributed by atoms with Crippen molar-refractivity contribution < 1.29 is 14.5 Å². The van der Waals surface area contributed by atoms with Gasteiger partial charge in [0.25, 0.3) is 11.6 Å². The number of nitrogens with zero attached hydrogens (tertiary/aromatic N) is 2. The minimum atomic E-state index is -0.461. The highest BCUT2D eigenvalue weighted by molar-refractivity contribution is 6.00. The predicted octanol–water partition coefficient (Wildman–Crippen LogP) is 4.69. The molecule has 0 saturated carbocycles. The van der Waals surface area contributed by atoms with Gasteiger partial charge in [0.1, 0.15) is 0 Å². The monoisotopic (exact) mass is 425 g/mol. The SMILES string of the molecule is CC1CCN(c2ccc([N+](=O)[O-])cc2C(=O)NCc2ccccc2COC(C)C)CC1. The first-order chi connectivity index (χ1) is 14.8. The number of rotatable bonds is 8. The van der Waals surface area contributed by atoms with Crippen LogP contribution in [0.1, 0.15) is 55.1 Å². The number of nitro benzene ring substituents is 1. The molecule has 0 bridgehead atoms. The lowest BCUT2D eigenvalue weighted by molar-refractivity contribution is -0.384. The number of non-ortho nitro benzene ring substituents is 1. The maximum atomic E-state index is 13.1. The summed E-state index contributed by atoms with van der Waals surface area (Å²) in [5, 5.41) is 14.3. The number of nitro groups is 1. The van der Waals surface area contributed by atoms with Crippen molar-refractivity contribution in [2.24, 2.45) is 5.92 Å². The summed E-state index contributed by atoms with van der Waals surface area (Å²) < 4.78 is 5.71. The molecule has 2 aromatic rings. The molecule has 1 N–H and O–H groups in total. The molecule has 1 aliphatic heterocycles. The van der Waals surface area contributed by atoms with E-state index in [1.54, 1.807) is 6.07 Å². The number of carbonyl (C=O) groups excluding carboxylic acids is 1. The molecule has 3 rings (SSSR count). The molecule has 0 atom stereocenters. The molecular formula is C24H31N3O4. The van der Waals surface area contributed by atoms with Gasteiger partial charge in [-0.1, -0.05) is 31.2 Å². The van der Waals surface area contributed by atoms with Gasteiger partial charge in [0.05, 0.1) is 28.9 Å². The van der Waals surface area contributed by atoms with E-state index in [4.69, 9.17) is 4.74 Å². The topological polar surface area (TPSA) is 84.7 Å². The highest BCUT2D eigenvalue weighted by Crippen LogP contribution is 2.29. The van der Waals surface area contributed by atoms with Gasteiger partial charge in [-0.25, -0.2) is 0 Å². The van der Waals surface area contributed by atoms with Crippen molar-refractivity contribution >= 4 is 17.3 Å². The maximum Gasteiger partial charge on any atom is 0.270 e. The van der Waals surface area contributed by atoms with E-state index in [2.05, 4.69) is 17.1 Å². The molecule has 0 aliphatic carbocycles. The van der Waals surface area contributed by atoms with Gasteiger partial charge in [0, 0.05) is 31.8 Å². The lowest BCUT2D eigenvalue weighted by Crippen LogP contribution is -2.35. The minimum absolute atomic E-state index is 0.0787. The van der Waals surface area contributed by atoms with Crippen LogP contribution in [0.4, 0.5) is 11.4 Å². The van der Waals surface area contributed by atoms with Crippen molar-refractivity contribution in [1.29, 1.82) is 0 Å². The number of anilines is 1. The number of hydrogen-bond donors (Lipinski definition) is 1. The van der Waals surface area contributed by atoms with Gasteiger partial charge in [-0.05, 0) is 49.8 Å². The van der Waals surface area contributed by atoms with E-state index in [0.29, 0.717) is 24.6 Å². The molecule has 1 amide bonds. The van der Waals surface area contributed by atoms with E-state index in [0.717, 1.165) is 42.7 Å². The molecule has 1 heterocycles. The Morgan fingerprint density at radius 1 is 1.19 bits per heavy atom.